The number of hydrogen-bond donors (Lipinski definition) is 5. The molecular weight excluding hydrogens is 248 g/mol. The Kier molecular flexibility index (Phi) is 5.13. The Balaban J connectivity index is 4.50. The normalized spacial score (nSPS) is 12.9. The molecule has 0 aromatic heterocycles. The van der Waals surface area contributed by atoms with Crippen molar-refractivity contribution < 1.29 is 33.5 Å². The molecule has 0 fully saturated rings. The standard InChI is InChI=1S/C5H13NO7P2/c1-4(7)6-3-2-5(14(8,9)10)15(11,12)13/h5H,2-3H2,1H3,(H,6,7)(H2,8,9,10)(H2,11,12,13). The van der Waals surface area contributed by atoms with E-state index in [4.69, 9.17) is 19.6 Å². The number of amides is 1. The lowest BCUT2D eigenvalue weighted by Crippen LogP contribution is -2.24. The van der Waals surface area contributed by atoms with Gasteiger partial charge in [0.15, 0.2) is 5.40 Å². The Morgan fingerprint density at radius 1 is 1.20 bits per heavy atom. The minimum absolute atomic E-state index is 0.198. The predicted octanol–water partition coefficient (Wildman–Crippen LogP) is -0.806. The highest BCUT2D eigenvalue weighted by Crippen LogP contribution is 2.61. The van der Waals surface area contributed by atoms with Crippen molar-refractivity contribution in [2.24, 2.45) is 0 Å². The van der Waals surface area contributed by atoms with Crippen molar-refractivity contribution >= 4 is 21.1 Å². The van der Waals surface area contributed by atoms with Gasteiger partial charge in [-0.05, 0) is 6.42 Å². The maximum atomic E-state index is 10.7. The molecule has 0 rings (SSSR count). The maximum absolute atomic E-state index is 10.7. The number of carbonyl (C=O) groups is 1. The van der Waals surface area contributed by atoms with Crippen molar-refractivity contribution in [3.8, 4) is 0 Å². The number of hydrogen-bond acceptors (Lipinski definition) is 3. The molecule has 15 heavy (non-hydrogen) atoms. The van der Waals surface area contributed by atoms with Crippen LogP contribution in [0.3, 0.4) is 0 Å². The van der Waals surface area contributed by atoms with E-state index < -0.39 is 32.9 Å². The highest BCUT2D eigenvalue weighted by Gasteiger charge is 2.42. The first-order valence-electron chi connectivity index (χ1n) is 3.90. The summed E-state index contributed by atoms with van der Waals surface area (Å²) >= 11 is 0. The number of rotatable bonds is 5. The van der Waals surface area contributed by atoms with Gasteiger partial charge >= 0.3 is 15.2 Å². The maximum Gasteiger partial charge on any atom is 0.340 e. The van der Waals surface area contributed by atoms with Crippen LogP contribution < -0.4 is 5.32 Å². The van der Waals surface area contributed by atoms with Gasteiger partial charge in [-0.2, -0.15) is 0 Å². The van der Waals surface area contributed by atoms with Crippen LogP contribution in [0.1, 0.15) is 13.3 Å². The van der Waals surface area contributed by atoms with E-state index in [2.05, 4.69) is 5.32 Å². The Morgan fingerprint density at radius 3 is 1.87 bits per heavy atom. The summed E-state index contributed by atoms with van der Waals surface area (Å²) < 4.78 is 21.5. The molecule has 0 aromatic carbocycles. The Labute approximate surface area is 86.0 Å². The molecule has 0 aliphatic carbocycles. The summed E-state index contributed by atoms with van der Waals surface area (Å²) in [5.74, 6) is -0.440. The lowest BCUT2D eigenvalue weighted by atomic mass is 10.4. The zero-order chi connectivity index (χ0) is 12.3. The van der Waals surface area contributed by atoms with E-state index in [0.717, 1.165) is 0 Å². The van der Waals surface area contributed by atoms with E-state index in [1.807, 2.05) is 0 Å². The quantitative estimate of drug-likeness (QED) is 0.407. The first kappa shape index (κ1) is 14.8. The topological polar surface area (TPSA) is 144 Å². The van der Waals surface area contributed by atoms with Crippen molar-refractivity contribution in [3.63, 3.8) is 0 Å². The molecule has 90 valence electrons. The molecule has 5 N–H and O–H groups in total. The zero-order valence-corrected chi connectivity index (χ0v) is 9.69. The first-order valence-corrected chi connectivity index (χ1v) is 7.26. The van der Waals surface area contributed by atoms with Gasteiger partial charge in [-0.15, -0.1) is 0 Å². The van der Waals surface area contributed by atoms with Crippen LogP contribution in [0.25, 0.3) is 0 Å². The van der Waals surface area contributed by atoms with Gasteiger partial charge in [0.25, 0.3) is 0 Å². The smallest absolute Gasteiger partial charge is 0.340 e. The van der Waals surface area contributed by atoms with Gasteiger partial charge in [-0.3, -0.25) is 13.9 Å². The van der Waals surface area contributed by atoms with Gasteiger partial charge in [0.05, 0.1) is 0 Å². The third-order valence-electron chi connectivity index (χ3n) is 1.55. The first-order chi connectivity index (χ1) is 6.55. The van der Waals surface area contributed by atoms with Crippen LogP contribution in [-0.2, 0) is 13.9 Å². The molecule has 0 aliphatic rings. The average molecular weight is 261 g/mol. The van der Waals surface area contributed by atoms with Crippen LogP contribution in [0.2, 0.25) is 0 Å². The lowest BCUT2D eigenvalue weighted by Gasteiger charge is -2.19. The van der Waals surface area contributed by atoms with Crippen molar-refractivity contribution in [2.45, 2.75) is 18.7 Å². The monoisotopic (exact) mass is 261 g/mol. The highest BCUT2D eigenvalue weighted by molar-refractivity contribution is 7.70. The highest BCUT2D eigenvalue weighted by atomic mass is 31.2. The molecule has 0 spiro atoms. The Morgan fingerprint density at radius 2 is 1.60 bits per heavy atom. The fourth-order valence-corrected chi connectivity index (χ4v) is 3.41. The molecule has 0 radical (unpaired) electrons. The molecule has 0 bridgehead atoms. The van der Waals surface area contributed by atoms with Crippen LogP contribution >= 0.6 is 15.2 Å². The van der Waals surface area contributed by atoms with Gasteiger partial charge in [-0.1, -0.05) is 0 Å². The fraction of sp³-hybridized carbons (Fsp3) is 0.800. The molecule has 0 aromatic rings. The van der Waals surface area contributed by atoms with Gasteiger partial charge in [-0.25, -0.2) is 0 Å². The summed E-state index contributed by atoms with van der Waals surface area (Å²) in [6.07, 6.45) is -0.478. The zero-order valence-electron chi connectivity index (χ0n) is 7.90. The average Bonchev–Trinajstić information content (AvgIpc) is 1.92. The van der Waals surface area contributed by atoms with Gasteiger partial charge in [0, 0.05) is 13.5 Å². The number of carbonyl (C=O) groups excluding carboxylic acids is 1. The summed E-state index contributed by atoms with van der Waals surface area (Å²) in [7, 11) is -9.74. The summed E-state index contributed by atoms with van der Waals surface area (Å²) in [6.45, 7) is 0.986. The molecule has 0 heterocycles. The third kappa shape index (κ3) is 6.04. The van der Waals surface area contributed by atoms with E-state index in [9.17, 15) is 13.9 Å². The van der Waals surface area contributed by atoms with Gasteiger partial charge in [0.1, 0.15) is 0 Å². The summed E-state index contributed by atoms with van der Waals surface area (Å²) in [6, 6.07) is 0. The predicted molar refractivity (Wildman–Crippen MR) is 51.2 cm³/mol. The van der Waals surface area contributed by atoms with Crippen molar-refractivity contribution in [1.82, 2.24) is 5.32 Å². The summed E-state index contributed by atoms with van der Waals surface area (Å²) in [5.41, 5.74) is 0. The molecule has 0 saturated heterocycles. The molecule has 0 aliphatic heterocycles. The molecule has 0 atom stereocenters. The minimum Gasteiger partial charge on any atom is -0.356 e. The molecule has 0 saturated carbocycles. The molecule has 10 heteroatoms. The van der Waals surface area contributed by atoms with Crippen molar-refractivity contribution in [2.75, 3.05) is 6.54 Å². The Bertz CT molecular complexity index is 295. The second kappa shape index (κ2) is 5.21. The lowest BCUT2D eigenvalue weighted by molar-refractivity contribution is -0.118. The van der Waals surface area contributed by atoms with E-state index in [-0.39, 0.29) is 6.54 Å². The van der Waals surface area contributed by atoms with E-state index in [1.54, 1.807) is 0 Å². The second-order valence-corrected chi connectivity index (χ2v) is 6.94. The van der Waals surface area contributed by atoms with Crippen LogP contribution in [0.15, 0.2) is 0 Å². The van der Waals surface area contributed by atoms with Crippen LogP contribution in [0, 0.1) is 0 Å². The van der Waals surface area contributed by atoms with E-state index in [1.165, 1.54) is 6.92 Å². The Hall–Kier alpha value is -0.230. The van der Waals surface area contributed by atoms with Crippen LogP contribution in [0.4, 0.5) is 0 Å². The fourth-order valence-electron chi connectivity index (χ4n) is 0.910. The second-order valence-electron chi connectivity index (χ2n) is 2.93. The van der Waals surface area contributed by atoms with Crippen LogP contribution in [-0.4, -0.2) is 37.4 Å². The van der Waals surface area contributed by atoms with Crippen molar-refractivity contribution in [3.05, 3.63) is 0 Å². The molecule has 1 amide bonds. The largest absolute Gasteiger partial charge is 0.356 e. The van der Waals surface area contributed by atoms with Crippen LogP contribution in [0.5, 0.6) is 0 Å². The molecular formula is C5H13NO7P2. The third-order valence-corrected chi connectivity index (χ3v) is 5.43. The molecule has 0 unspecified atom stereocenters. The SMILES string of the molecule is CC(=O)NCCC(P(=O)(O)O)P(=O)(O)O. The van der Waals surface area contributed by atoms with Crippen molar-refractivity contribution in [1.29, 1.82) is 0 Å². The summed E-state index contributed by atoms with van der Waals surface area (Å²) in [5, 5.41) is 0.136. The summed E-state index contributed by atoms with van der Waals surface area (Å²) in [4.78, 5) is 45.2. The van der Waals surface area contributed by atoms with E-state index in [0.29, 0.717) is 0 Å². The van der Waals surface area contributed by atoms with Gasteiger partial charge < -0.3 is 24.9 Å². The molecule has 8 nitrogen and oxygen atoms in total. The van der Waals surface area contributed by atoms with E-state index >= 15 is 0 Å². The number of nitrogens with one attached hydrogen (secondary N) is 1. The minimum atomic E-state index is -4.87. The van der Waals surface area contributed by atoms with Gasteiger partial charge in [0.2, 0.25) is 5.91 Å².